The average Bonchev–Trinajstić information content (AvgIpc) is 3.29. The quantitative estimate of drug-likeness (QED) is 0.195. The first-order valence-corrected chi connectivity index (χ1v) is 10.6. The maximum absolute atomic E-state index is 8.94. The van der Waals surface area contributed by atoms with Crippen molar-refractivity contribution in [3.63, 3.8) is 0 Å². The summed E-state index contributed by atoms with van der Waals surface area (Å²) in [7, 11) is 1.59. The fraction of sp³-hybridized carbons (Fsp3) is 0.333. The molecule has 178 valence electrons. The first-order chi connectivity index (χ1) is 15.6. The number of hydrogen-bond acceptors (Lipinski definition) is 6. The molecule has 0 fully saturated rings. The van der Waals surface area contributed by atoms with E-state index in [4.69, 9.17) is 19.0 Å². The standard InChI is InChI=1S/C24H30N4O4.HI/c1-4-25-24(26-14-18-7-10-21(31-12-11-29)22(13-18)30-3)27-15-20-16-32-23(28-20)19-8-5-17(2)6-9-19;/h5-10,13,16,29H,4,11-12,14-15H2,1-3H3,(H2,25,26,27);1H. The fourth-order valence-electron chi connectivity index (χ4n) is 2.99. The Morgan fingerprint density at radius 3 is 2.61 bits per heavy atom. The minimum atomic E-state index is -0.0506. The van der Waals surface area contributed by atoms with E-state index in [2.05, 4.69) is 20.6 Å². The largest absolute Gasteiger partial charge is 0.493 e. The van der Waals surface area contributed by atoms with Gasteiger partial charge in [-0.2, -0.15) is 0 Å². The molecule has 0 aliphatic heterocycles. The number of guanidine groups is 1. The van der Waals surface area contributed by atoms with Gasteiger partial charge >= 0.3 is 0 Å². The van der Waals surface area contributed by atoms with Gasteiger partial charge < -0.3 is 29.6 Å². The highest BCUT2D eigenvalue weighted by Crippen LogP contribution is 2.28. The smallest absolute Gasteiger partial charge is 0.226 e. The Bertz CT molecular complexity index is 1020. The van der Waals surface area contributed by atoms with Gasteiger partial charge in [-0.3, -0.25) is 0 Å². The van der Waals surface area contributed by atoms with Crippen LogP contribution in [-0.4, -0.2) is 42.9 Å². The molecule has 0 aliphatic rings. The van der Waals surface area contributed by atoms with Gasteiger partial charge in [0, 0.05) is 12.1 Å². The van der Waals surface area contributed by atoms with Crippen LogP contribution in [0.25, 0.3) is 11.5 Å². The maximum atomic E-state index is 8.94. The summed E-state index contributed by atoms with van der Waals surface area (Å²) < 4.78 is 16.5. The molecule has 8 nitrogen and oxygen atoms in total. The summed E-state index contributed by atoms with van der Waals surface area (Å²) >= 11 is 0. The second-order valence-corrected chi connectivity index (χ2v) is 7.12. The molecule has 0 bridgehead atoms. The third kappa shape index (κ3) is 7.93. The molecule has 0 unspecified atom stereocenters. The third-order valence-corrected chi connectivity index (χ3v) is 4.63. The number of hydrogen-bond donors (Lipinski definition) is 3. The molecule has 0 atom stereocenters. The number of aromatic nitrogens is 1. The number of aryl methyl sites for hydroxylation is 1. The highest BCUT2D eigenvalue weighted by Gasteiger charge is 2.09. The summed E-state index contributed by atoms with van der Waals surface area (Å²) in [6, 6.07) is 13.7. The lowest BCUT2D eigenvalue weighted by Crippen LogP contribution is -2.36. The molecule has 0 spiro atoms. The monoisotopic (exact) mass is 566 g/mol. The summed E-state index contributed by atoms with van der Waals surface area (Å²) in [6.45, 7) is 5.90. The topological polar surface area (TPSA) is 101 Å². The van der Waals surface area contributed by atoms with Gasteiger partial charge in [-0.25, -0.2) is 9.98 Å². The number of nitrogens with one attached hydrogen (secondary N) is 2. The van der Waals surface area contributed by atoms with E-state index in [1.165, 1.54) is 5.56 Å². The second-order valence-electron chi connectivity index (χ2n) is 7.12. The first-order valence-electron chi connectivity index (χ1n) is 10.6. The van der Waals surface area contributed by atoms with E-state index >= 15 is 0 Å². The van der Waals surface area contributed by atoms with Crippen LogP contribution in [0.3, 0.4) is 0 Å². The van der Waals surface area contributed by atoms with E-state index in [1.54, 1.807) is 13.4 Å². The number of methoxy groups -OCH3 is 1. The normalized spacial score (nSPS) is 11.0. The molecule has 9 heteroatoms. The lowest BCUT2D eigenvalue weighted by Gasteiger charge is -2.12. The van der Waals surface area contributed by atoms with Crippen LogP contribution in [0, 0.1) is 6.92 Å². The molecule has 0 amide bonds. The summed E-state index contributed by atoms with van der Waals surface area (Å²) in [5.41, 5.74) is 3.90. The molecule has 0 saturated heterocycles. The molecule has 2 aromatic carbocycles. The molecule has 3 rings (SSSR count). The zero-order valence-corrected chi connectivity index (χ0v) is 21.5. The van der Waals surface area contributed by atoms with Gasteiger partial charge in [0.15, 0.2) is 17.5 Å². The van der Waals surface area contributed by atoms with E-state index in [0.717, 1.165) is 23.4 Å². The predicted octanol–water partition coefficient (Wildman–Crippen LogP) is 3.90. The van der Waals surface area contributed by atoms with Crippen molar-refractivity contribution in [3.8, 4) is 23.0 Å². The number of oxazole rings is 1. The van der Waals surface area contributed by atoms with Gasteiger partial charge in [0.05, 0.1) is 32.5 Å². The molecule has 0 saturated carbocycles. The SMILES string of the molecule is CCNC(=NCc1ccc(OCCO)c(OC)c1)NCc1coc(-c2ccc(C)cc2)n1.I. The zero-order chi connectivity index (χ0) is 22.8. The van der Waals surface area contributed by atoms with Gasteiger partial charge in [-0.1, -0.05) is 23.8 Å². The molecule has 1 heterocycles. The molecule has 33 heavy (non-hydrogen) atoms. The Morgan fingerprint density at radius 2 is 1.91 bits per heavy atom. The van der Waals surface area contributed by atoms with Gasteiger partial charge in [0.1, 0.15) is 12.9 Å². The van der Waals surface area contributed by atoms with Crippen LogP contribution in [-0.2, 0) is 13.1 Å². The number of aliphatic hydroxyl groups excluding tert-OH is 1. The zero-order valence-electron chi connectivity index (χ0n) is 19.1. The molecule has 0 aliphatic carbocycles. The van der Waals surface area contributed by atoms with Crippen molar-refractivity contribution in [1.29, 1.82) is 0 Å². The minimum absolute atomic E-state index is 0. The Labute approximate surface area is 211 Å². The van der Waals surface area contributed by atoms with Crippen LogP contribution in [0.5, 0.6) is 11.5 Å². The van der Waals surface area contributed by atoms with Crippen molar-refractivity contribution >= 4 is 29.9 Å². The summed E-state index contributed by atoms with van der Waals surface area (Å²) in [5.74, 6) is 2.47. The second kappa shape index (κ2) is 13.7. The molecule has 1 aromatic heterocycles. The Morgan fingerprint density at radius 1 is 1.12 bits per heavy atom. The van der Waals surface area contributed by atoms with E-state index < -0.39 is 0 Å². The Hall–Kier alpha value is -2.79. The highest BCUT2D eigenvalue weighted by molar-refractivity contribution is 14.0. The van der Waals surface area contributed by atoms with Gasteiger partial charge in [-0.15, -0.1) is 24.0 Å². The van der Waals surface area contributed by atoms with Crippen LogP contribution < -0.4 is 20.1 Å². The molecular formula is C24H31IN4O4. The van der Waals surface area contributed by atoms with Crippen LogP contribution in [0.15, 0.2) is 58.1 Å². The fourth-order valence-corrected chi connectivity index (χ4v) is 2.99. The maximum Gasteiger partial charge on any atom is 0.226 e. The van der Waals surface area contributed by atoms with Crippen LogP contribution in [0.2, 0.25) is 0 Å². The highest BCUT2D eigenvalue weighted by atomic mass is 127. The number of benzene rings is 2. The summed E-state index contributed by atoms with van der Waals surface area (Å²) in [4.78, 5) is 9.20. The first kappa shape index (κ1) is 26.5. The molecule has 3 aromatic rings. The number of halogens is 1. The lowest BCUT2D eigenvalue weighted by molar-refractivity contribution is 0.196. The van der Waals surface area contributed by atoms with E-state index in [1.807, 2.05) is 56.3 Å². The third-order valence-electron chi connectivity index (χ3n) is 4.63. The van der Waals surface area contributed by atoms with Crippen molar-refractivity contribution < 1.29 is 19.0 Å². The van der Waals surface area contributed by atoms with E-state index in [0.29, 0.717) is 36.4 Å². The molecule has 0 radical (unpaired) electrons. The van der Waals surface area contributed by atoms with Gasteiger partial charge in [0.2, 0.25) is 5.89 Å². The van der Waals surface area contributed by atoms with Crippen LogP contribution >= 0.6 is 24.0 Å². The Kier molecular flexibility index (Phi) is 11.0. The van der Waals surface area contributed by atoms with E-state index in [-0.39, 0.29) is 37.2 Å². The number of ether oxygens (including phenoxy) is 2. The lowest BCUT2D eigenvalue weighted by atomic mass is 10.1. The van der Waals surface area contributed by atoms with Crippen molar-refractivity contribution in [2.45, 2.75) is 26.9 Å². The van der Waals surface area contributed by atoms with Gasteiger partial charge in [0.25, 0.3) is 0 Å². The van der Waals surface area contributed by atoms with Crippen molar-refractivity contribution in [3.05, 3.63) is 65.5 Å². The van der Waals surface area contributed by atoms with Crippen LogP contribution in [0.1, 0.15) is 23.7 Å². The number of rotatable bonds is 10. The average molecular weight is 566 g/mol. The number of aliphatic hydroxyl groups is 1. The summed E-state index contributed by atoms with van der Waals surface area (Å²) in [6.07, 6.45) is 1.65. The van der Waals surface area contributed by atoms with Gasteiger partial charge in [-0.05, 0) is 43.7 Å². The van der Waals surface area contributed by atoms with Crippen LogP contribution in [0.4, 0.5) is 0 Å². The summed E-state index contributed by atoms with van der Waals surface area (Å²) in [5, 5.41) is 15.5. The number of nitrogens with zero attached hydrogens (tertiary/aromatic N) is 2. The number of aliphatic imine (C=N–C) groups is 1. The van der Waals surface area contributed by atoms with Crippen molar-refractivity contribution in [1.82, 2.24) is 15.6 Å². The predicted molar refractivity (Wildman–Crippen MR) is 139 cm³/mol. The van der Waals surface area contributed by atoms with E-state index in [9.17, 15) is 0 Å². The van der Waals surface area contributed by atoms with Crippen molar-refractivity contribution in [2.24, 2.45) is 4.99 Å². The minimum Gasteiger partial charge on any atom is -0.493 e. The molecular weight excluding hydrogens is 535 g/mol. The van der Waals surface area contributed by atoms with Crippen molar-refractivity contribution in [2.75, 3.05) is 26.9 Å². The molecule has 3 N–H and O–H groups in total. The Balaban J connectivity index is 0.00000385.